The van der Waals surface area contributed by atoms with Crippen LogP contribution in [0.25, 0.3) is 0 Å². The summed E-state index contributed by atoms with van der Waals surface area (Å²) in [5, 5.41) is 3.37. The molecule has 0 aliphatic carbocycles. The molecule has 1 atom stereocenters. The number of hydrogen-bond acceptors (Lipinski definition) is 3. The van der Waals surface area contributed by atoms with Gasteiger partial charge in [0.15, 0.2) is 0 Å². The lowest BCUT2D eigenvalue weighted by Crippen LogP contribution is -2.22. The molecule has 0 radical (unpaired) electrons. The summed E-state index contributed by atoms with van der Waals surface area (Å²) in [5.74, 6) is 0.892. The van der Waals surface area contributed by atoms with Gasteiger partial charge < -0.3 is 14.8 Å². The summed E-state index contributed by atoms with van der Waals surface area (Å²) < 4.78 is 10.1. The molecule has 0 aromatic heterocycles. The normalized spacial score (nSPS) is 12.5. The van der Waals surface area contributed by atoms with E-state index >= 15 is 0 Å². The average molecular weight is 209 g/mol. The van der Waals surface area contributed by atoms with Crippen molar-refractivity contribution < 1.29 is 9.47 Å². The van der Waals surface area contributed by atoms with Crippen molar-refractivity contribution in [3.63, 3.8) is 0 Å². The third-order valence-corrected chi connectivity index (χ3v) is 2.37. The number of rotatable bonds is 6. The Labute approximate surface area is 91.4 Å². The second-order valence-corrected chi connectivity index (χ2v) is 3.44. The van der Waals surface area contributed by atoms with Crippen LogP contribution in [-0.4, -0.2) is 27.4 Å². The van der Waals surface area contributed by atoms with E-state index in [2.05, 4.69) is 24.4 Å². The van der Waals surface area contributed by atoms with E-state index in [4.69, 9.17) is 9.47 Å². The molecule has 0 fully saturated rings. The third-order valence-electron chi connectivity index (χ3n) is 2.37. The summed E-state index contributed by atoms with van der Waals surface area (Å²) in [6, 6.07) is 8.44. The smallest absolute Gasteiger partial charge is 0.118 e. The molecule has 1 aromatic carbocycles. The Balaban J connectivity index is 2.46. The largest absolute Gasteiger partial charge is 0.497 e. The molecule has 0 saturated carbocycles. The lowest BCUT2D eigenvalue weighted by molar-refractivity contribution is 0.196. The maximum atomic E-state index is 5.11. The molecule has 0 aliphatic heterocycles. The van der Waals surface area contributed by atoms with Gasteiger partial charge in [0, 0.05) is 19.7 Å². The molecule has 1 rings (SSSR count). The molecule has 0 aliphatic rings. The molecule has 0 bridgehead atoms. The summed E-state index contributed by atoms with van der Waals surface area (Å²) in [4.78, 5) is 0. The van der Waals surface area contributed by atoms with Gasteiger partial charge in [-0.2, -0.15) is 0 Å². The highest BCUT2D eigenvalue weighted by atomic mass is 16.5. The maximum absolute atomic E-state index is 5.11. The summed E-state index contributed by atoms with van der Waals surface area (Å²) in [6.45, 7) is 3.74. The average Bonchev–Trinajstić information content (AvgIpc) is 2.29. The lowest BCUT2D eigenvalue weighted by Gasteiger charge is -2.14. The van der Waals surface area contributed by atoms with Gasteiger partial charge in [-0.25, -0.2) is 0 Å². The molecule has 3 nitrogen and oxygen atoms in total. The number of methoxy groups -OCH3 is 2. The third kappa shape index (κ3) is 3.90. The summed E-state index contributed by atoms with van der Waals surface area (Å²) in [6.07, 6.45) is 0. The minimum atomic E-state index is 0.339. The van der Waals surface area contributed by atoms with E-state index < -0.39 is 0 Å². The van der Waals surface area contributed by atoms with Crippen LogP contribution in [0.4, 0.5) is 0 Å². The molecule has 3 heteroatoms. The van der Waals surface area contributed by atoms with E-state index in [1.807, 2.05) is 12.1 Å². The van der Waals surface area contributed by atoms with Crippen molar-refractivity contribution in [3.8, 4) is 5.75 Å². The van der Waals surface area contributed by atoms with Crippen molar-refractivity contribution in [2.45, 2.75) is 13.0 Å². The molecular formula is C12H19NO2. The fraction of sp³-hybridized carbons (Fsp3) is 0.500. The van der Waals surface area contributed by atoms with Crippen LogP contribution in [-0.2, 0) is 4.74 Å². The van der Waals surface area contributed by atoms with Gasteiger partial charge in [0.1, 0.15) is 5.75 Å². The van der Waals surface area contributed by atoms with Crippen LogP contribution in [0, 0.1) is 0 Å². The van der Waals surface area contributed by atoms with Gasteiger partial charge in [-0.1, -0.05) is 12.1 Å². The Kier molecular flexibility index (Phi) is 5.15. The van der Waals surface area contributed by atoms with Crippen LogP contribution in [0.15, 0.2) is 24.3 Å². The van der Waals surface area contributed by atoms with Gasteiger partial charge in [-0.05, 0) is 24.6 Å². The molecule has 0 heterocycles. The Bertz CT molecular complexity index is 271. The fourth-order valence-electron chi connectivity index (χ4n) is 1.39. The van der Waals surface area contributed by atoms with E-state index in [1.54, 1.807) is 14.2 Å². The molecule has 0 amide bonds. The summed E-state index contributed by atoms with van der Waals surface area (Å²) in [7, 11) is 3.38. The van der Waals surface area contributed by atoms with E-state index in [-0.39, 0.29) is 0 Å². The SMILES string of the molecule is COCCN[C@@H](C)c1ccc(OC)cc1. The van der Waals surface area contributed by atoms with Crippen molar-refractivity contribution >= 4 is 0 Å². The van der Waals surface area contributed by atoms with E-state index in [0.29, 0.717) is 6.04 Å². The number of nitrogens with one attached hydrogen (secondary N) is 1. The molecule has 15 heavy (non-hydrogen) atoms. The van der Waals surface area contributed by atoms with Gasteiger partial charge in [-0.3, -0.25) is 0 Å². The lowest BCUT2D eigenvalue weighted by atomic mass is 10.1. The maximum Gasteiger partial charge on any atom is 0.118 e. The fourth-order valence-corrected chi connectivity index (χ4v) is 1.39. The molecule has 1 N–H and O–H groups in total. The molecule has 0 saturated heterocycles. The van der Waals surface area contributed by atoms with Crippen molar-refractivity contribution in [3.05, 3.63) is 29.8 Å². The second-order valence-electron chi connectivity index (χ2n) is 3.44. The number of ether oxygens (including phenoxy) is 2. The minimum absolute atomic E-state index is 0.339. The molecule has 0 unspecified atom stereocenters. The first kappa shape index (κ1) is 12.0. The van der Waals surface area contributed by atoms with Crippen LogP contribution in [0.2, 0.25) is 0 Å². The van der Waals surface area contributed by atoms with Gasteiger partial charge in [0.2, 0.25) is 0 Å². The van der Waals surface area contributed by atoms with Gasteiger partial charge in [-0.15, -0.1) is 0 Å². The van der Waals surface area contributed by atoms with Crippen molar-refractivity contribution in [2.24, 2.45) is 0 Å². The van der Waals surface area contributed by atoms with Gasteiger partial charge in [0.05, 0.1) is 13.7 Å². The molecular weight excluding hydrogens is 190 g/mol. The predicted molar refractivity (Wildman–Crippen MR) is 61.3 cm³/mol. The highest BCUT2D eigenvalue weighted by Gasteiger charge is 2.03. The highest BCUT2D eigenvalue weighted by molar-refractivity contribution is 5.28. The zero-order chi connectivity index (χ0) is 11.1. The van der Waals surface area contributed by atoms with Crippen molar-refractivity contribution in [1.82, 2.24) is 5.32 Å². The minimum Gasteiger partial charge on any atom is -0.497 e. The molecule has 1 aromatic rings. The first-order chi connectivity index (χ1) is 7.27. The number of hydrogen-bond donors (Lipinski definition) is 1. The van der Waals surface area contributed by atoms with Crippen LogP contribution in [0.5, 0.6) is 5.75 Å². The van der Waals surface area contributed by atoms with Crippen molar-refractivity contribution in [1.29, 1.82) is 0 Å². The first-order valence-electron chi connectivity index (χ1n) is 5.14. The zero-order valence-electron chi connectivity index (χ0n) is 9.62. The van der Waals surface area contributed by atoms with E-state index in [0.717, 1.165) is 18.9 Å². The number of benzene rings is 1. The van der Waals surface area contributed by atoms with Crippen molar-refractivity contribution in [2.75, 3.05) is 27.4 Å². The Morgan fingerprint density at radius 1 is 1.20 bits per heavy atom. The Hall–Kier alpha value is -1.06. The second kappa shape index (κ2) is 6.43. The molecule has 0 spiro atoms. The quantitative estimate of drug-likeness (QED) is 0.727. The van der Waals surface area contributed by atoms with Gasteiger partial charge in [0.25, 0.3) is 0 Å². The van der Waals surface area contributed by atoms with Gasteiger partial charge >= 0.3 is 0 Å². The predicted octanol–water partition coefficient (Wildman–Crippen LogP) is 1.99. The Morgan fingerprint density at radius 2 is 1.87 bits per heavy atom. The summed E-state index contributed by atoms with van der Waals surface area (Å²) in [5.41, 5.74) is 1.26. The monoisotopic (exact) mass is 209 g/mol. The highest BCUT2D eigenvalue weighted by Crippen LogP contribution is 2.16. The standard InChI is InChI=1S/C12H19NO2/c1-10(13-8-9-14-2)11-4-6-12(15-3)7-5-11/h4-7,10,13H,8-9H2,1-3H3/t10-/m0/s1. The molecule has 84 valence electrons. The topological polar surface area (TPSA) is 30.5 Å². The van der Waals surface area contributed by atoms with E-state index in [1.165, 1.54) is 5.56 Å². The summed E-state index contributed by atoms with van der Waals surface area (Å²) >= 11 is 0. The van der Waals surface area contributed by atoms with E-state index in [9.17, 15) is 0 Å². The van der Waals surface area contributed by atoms with Crippen LogP contribution in [0.3, 0.4) is 0 Å². The van der Waals surface area contributed by atoms with Crippen LogP contribution in [0.1, 0.15) is 18.5 Å². The van der Waals surface area contributed by atoms with Crippen LogP contribution >= 0.6 is 0 Å². The van der Waals surface area contributed by atoms with Crippen LogP contribution < -0.4 is 10.1 Å². The Morgan fingerprint density at radius 3 is 2.40 bits per heavy atom. The zero-order valence-corrected chi connectivity index (χ0v) is 9.62. The first-order valence-corrected chi connectivity index (χ1v) is 5.14.